The SMILES string of the molecule is CCCNC(C)c1csc(Nc2cccc(C(F)(F)F)c2)n1. The lowest BCUT2D eigenvalue weighted by atomic mass is 10.2. The minimum absolute atomic E-state index is 0.119. The maximum Gasteiger partial charge on any atom is 0.416 e. The number of hydrogen-bond acceptors (Lipinski definition) is 4. The van der Waals surface area contributed by atoms with Gasteiger partial charge in [-0.3, -0.25) is 0 Å². The highest BCUT2D eigenvalue weighted by Gasteiger charge is 2.30. The highest BCUT2D eigenvalue weighted by Crippen LogP contribution is 2.32. The smallest absolute Gasteiger partial charge is 0.332 e. The van der Waals surface area contributed by atoms with Gasteiger partial charge in [0.1, 0.15) is 0 Å². The fraction of sp³-hybridized carbons (Fsp3) is 0.400. The summed E-state index contributed by atoms with van der Waals surface area (Å²) in [5, 5.41) is 8.74. The Labute approximate surface area is 131 Å². The summed E-state index contributed by atoms with van der Waals surface area (Å²) in [6.45, 7) is 5.00. The Morgan fingerprint density at radius 2 is 2.09 bits per heavy atom. The predicted molar refractivity (Wildman–Crippen MR) is 83.5 cm³/mol. The number of rotatable bonds is 6. The third kappa shape index (κ3) is 4.45. The molecule has 1 aromatic heterocycles. The van der Waals surface area contributed by atoms with E-state index in [1.54, 1.807) is 6.07 Å². The lowest BCUT2D eigenvalue weighted by Crippen LogP contribution is -2.19. The minimum Gasteiger partial charge on any atom is -0.332 e. The van der Waals surface area contributed by atoms with E-state index in [1.165, 1.54) is 17.4 Å². The van der Waals surface area contributed by atoms with Gasteiger partial charge in [0.05, 0.1) is 11.3 Å². The van der Waals surface area contributed by atoms with E-state index in [4.69, 9.17) is 0 Å². The second-order valence-corrected chi connectivity index (χ2v) is 5.82. The quantitative estimate of drug-likeness (QED) is 0.786. The van der Waals surface area contributed by atoms with Crippen LogP contribution in [-0.2, 0) is 6.18 Å². The molecule has 0 saturated carbocycles. The van der Waals surface area contributed by atoms with Gasteiger partial charge in [-0.05, 0) is 38.1 Å². The Kier molecular flexibility index (Phi) is 5.42. The highest BCUT2D eigenvalue weighted by atomic mass is 32.1. The van der Waals surface area contributed by atoms with Crippen molar-refractivity contribution in [3.05, 3.63) is 40.9 Å². The van der Waals surface area contributed by atoms with E-state index in [9.17, 15) is 13.2 Å². The summed E-state index contributed by atoms with van der Waals surface area (Å²) in [6, 6.07) is 5.23. The summed E-state index contributed by atoms with van der Waals surface area (Å²) in [7, 11) is 0. The molecule has 7 heteroatoms. The van der Waals surface area contributed by atoms with Crippen LogP contribution in [0.15, 0.2) is 29.6 Å². The lowest BCUT2D eigenvalue weighted by Gasteiger charge is -2.10. The Morgan fingerprint density at radius 1 is 1.32 bits per heavy atom. The third-order valence-corrected chi connectivity index (χ3v) is 3.88. The Bertz CT molecular complexity index is 610. The number of alkyl halides is 3. The molecule has 1 aromatic carbocycles. The molecule has 0 spiro atoms. The lowest BCUT2D eigenvalue weighted by molar-refractivity contribution is -0.137. The summed E-state index contributed by atoms with van der Waals surface area (Å²) < 4.78 is 38.1. The van der Waals surface area contributed by atoms with Crippen molar-refractivity contribution in [2.24, 2.45) is 0 Å². The molecule has 0 aliphatic rings. The van der Waals surface area contributed by atoms with E-state index >= 15 is 0 Å². The van der Waals surface area contributed by atoms with Crippen molar-refractivity contribution in [2.75, 3.05) is 11.9 Å². The molecule has 0 fully saturated rings. The number of thiazole rings is 1. The molecule has 1 unspecified atom stereocenters. The second kappa shape index (κ2) is 7.11. The second-order valence-electron chi connectivity index (χ2n) is 4.96. The third-order valence-electron chi connectivity index (χ3n) is 3.11. The Hall–Kier alpha value is -1.60. The molecular weight excluding hydrogens is 311 g/mol. The van der Waals surface area contributed by atoms with Gasteiger partial charge in [0, 0.05) is 17.1 Å². The molecule has 1 heterocycles. The molecule has 0 amide bonds. The van der Waals surface area contributed by atoms with Crippen molar-refractivity contribution in [2.45, 2.75) is 32.5 Å². The molecule has 2 rings (SSSR count). The van der Waals surface area contributed by atoms with E-state index in [0.717, 1.165) is 30.8 Å². The zero-order valence-corrected chi connectivity index (χ0v) is 13.2. The molecule has 1 atom stereocenters. The van der Waals surface area contributed by atoms with Gasteiger partial charge in [0.2, 0.25) is 0 Å². The van der Waals surface area contributed by atoms with Crippen LogP contribution in [-0.4, -0.2) is 11.5 Å². The van der Waals surface area contributed by atoms with Crippen molar-refractivity contribution in [3.8, 4) is 0 Å². The van der Waals surface area contributed by atoms with Gasteiger partial charge in [-0.15, -0.1) is 11.3 Å². The van der Waals surface area contributed by atoms with Crippen molar-refractivity contribution >= 4 is 22.2 Å². The largest absolute Gasteiger partial charge is 0.416 e. The van der Waals surface area contributed by atoms with E-state index in [2.05, 4.69) is 22.5 Å². The number of nitrogens with zero attached hydrogens (tertiary/aromatic N) is 1. The van der Waals surface area contributed by atoms with Crippen molar-refractivity contribution in [3.63, 3.8) is 0 Å². The van der Waals surface area contributed by atoms with Gasteiger partial charge in [-0.1, -0.05) is 13.0 Å². The van der Waals surface area contributed by atoms with Crippen LogP contribution in [0, 0.1) is 0 Å². The summed E-state index contributed by atoms with van der Waals surface area (Å²) >= 11 is 1.38. The summed E-state index contributed by atoms with van der Waals surface area (Å²) in [5.74, 6) is 0. The first-order valence-corrected chi connectivity index (χ1v) is 7.91. The number of hydrogen-bond donors (Lipinski definition) is 2. The average Bonchev–Trinajstić information content (AvgIpc) is 2.92. The molecule has 0 radical (unpaired) electrons. The number of anilines is 2. The maximum atomic E-state index is 12.7. The summed E-state index contributed by atoms with van der Waals surface area (Å²) in [4.78, 5) is 4.41. The van der Waals surface area contributed by atoms with Crippen LogP contribution in [0.1, 0.15) is 37.6 Å². The molecule has 3 nitrogen and oxygen atoms in total. The summed E-state index contributed by atoms with van der Waals surface area (Å²) in [6.07, 6.45) is -3.31. The van der Waals surface area contributed by atoms with Crippen molar-refractivity contribution in [1.29, 1.82) is 0 Å². The fourth-order valence-corrected chi connectivity index (χ4v) is 2.73. The highest BCUT2D eigenvalue weighted by molar-refractivity contribution is 7.13. The summed E-state index contributed by atoms with van der Waals surface area (Å²) in [5.41, 5.74) is 0.588. The van der Waals surface area contributed by atoms with Gasteiger partial charge in [0.15, 0.2) is 5.13 Å². The van der Waals surface area contributed by atoms with E-state index < -0.39 is 11.7 Å². The zero-order chi connectivity index (χ0) is 16.2. The normalized spacial score (nSPS) is 13.1. The predicted octanol–water partition coefficient (Wildman–Crippen LogP) is 4.97. The van der Waals surface area contributed by atoms with Crippen LogP contribution >= 0.6 is 11.3 Å². The van der Waals surface area contributed by atoms with E-state index in [1.807, 2.05) is 12.3 Å². The molecule has 0 saturated heterocycles. The van der Waals surface area contributed by atoms with Crippen molar-refractivity contribution < 1.29 is 13.2 Å². The molecular formula is C15H18F3N3S. The van der Waals surface area contributed by atoms with Crippen LogP contribution in [0.4, 0.5) is 24.0 Å². The first-order valence-electron chi connectivity index (χ1n) is 7.03. The van der Waals surface area contributed by atoms with E-state index in [-0.39, 0.29) is 6.04 Å². The standard InChI is InChI=1S/C15H18F3N3S/c1-3-7-19-10(2)13-9-22-14(21-13)20-12-6-4-5-11(8-12)15(16,17)18/h4-6,8-10,19H,3,7H2,1-2H3,(H,20,21). The monoisotopic (exact) mass is 329 g/mol. The molecule has 0 aliphatic carbocycles. The van der Waals surface area contributed by atoms with Gasteiger partial charge < -0.3 is 10.6 Å². The van der Waals surface area contributed by atoms with Gasteiger partial charge in [-0.25, -0.2) is 4.98 Å². The topological polar surface area (TPSA) is 37.0 Å². The van der Waals surface area contributed by atoms with Gasteiger partial charge in [-0.2, -0.15) is 13.2 Å². The van der Waals surface area contributed by atoms with Gasteiger partial charge >= 0.3 is 6.18 Å². The molecule has 2 N–H and O–H groups in total. The van der Waals surface area contributed by atoms with Crippen LogP contribution in [0.3, 0.4) is 0 Å². The molecule has 2 aromatic rings. The molecule has 22 heavy (non-hydrogen) atoms. The van der Waals surface area contributed by atoms with E-state index in [0.29, 0.717) is 10.8 Å². The number of benzene rings is 1. The molecule has 0 aliphatic heterocycles. The van der Waals surface area contributed by atoms with Crippen LogP contribution in [0.2, 0.25) is 0 Å². The Balaban J connectivity index is 2.07. The van der Waals surface area contributed by atoms with Crippen LogP contribution in [0.5, 0.6) is 0 Å². The average molecular weight is 329 g/mol. The molecule has 120 valence electrons. The van der Waals surface area contributed by atoms with Crippen LogP contribution in [0.25, 0.3) is 0 Å². The first kappa shape index (κ1) is 16.8. The molecule has 0 bridgehead atoms. The number of nitrogens with one attached hydrogen (secondary N) is 2. The van der Waals surface area contributed by atoms with Crippen molar-refractivity contribution in [1.82, 2.24) is 10.3 Å². The fourth-order valence-electron chi connectivity index (χ4n) is 1.90. The number of aromatic nitrogens is 1. The zero-order valence-electron chi connectivity index (χ0n) is 12.4. The number of halogens is 3. The first-order chi connectivity index (χ1) is 10.4. The van der Waals surface area contributed by atoms with Gasteiger partial charge in [0.25, 0.3) is 0 Å². The minimum atomic E-state index is -4.34. The van der Waals surface area contributed by atoms with Crippen LogP contribution < -0.4 is 10.6 Å². The maximum absolute atomic E-state index is 12.7. The Morgan fingerprint density at radius 3 is 2.77 bits per heavy atom.